The Morgan fingerprint density at radius 2 is 2.14 bits per heavy atom. The van der Waals surface area contributed by atoms with Gasteiger partial charge in [-0.3, -0.25) is 19.1 Å². The molecule has 142 valence electrons. The van der Waals surface area contributed by atoms with E-state index in [2.05, 4.69) is 9.97 Å². The Bertz CT molecular complexity index is 1130. The number of hydrogen-bond acceptors (Lipinski definition) is 7. The van der Waals surface area contributed by atoms with E-state index in [0.717, 1.165) is 22.4 Å². The van der Waals surface area contributed by atoms with Gasteiger partial charge in [-0.15, -0.1) is 22.7 Å². The number of esters is 1. The second-order valence-electron chi connectivity index (χ2n) is 6.17. The van der Waals surface area contributed by atoms with Gasteiger partial charge in [-0.2, -0.15) is 0 Å². The summed E-state index contributed by atoms with van der Waals surface area (Å²) in [5.74, 6) is -0.442. The van der Waals surface area contributed by atoms with E-state index >= 15 is 0 Å². The summed E-state index contributed by atoms with van der Waals surface area (Å²) in [7, 11) is 0. The number of carbonyl (C=O) groups is 1. The number of rotatable bonds is 7. The highest BCUT2D eigenvalue weighted by molar-refractivity contribution is 7.18. The van der Waals surface area contributed by atoms with Gasteiger partial charge in [0, 0.05) is 28.2 Å². The first-order valence-electron chi connectivity index (χ1n) is 8.77. The van der Waals surface area contributed by atoms with Crippen LogP contribution in [0.1, 0.15) is 12.0 Å². The molecule has 4 rings (SSSR count). The summed E-state index contributed by atoms with van der Waals surface area (Å²) in [5, 5.41) is 4.46. The van der Waals surface area contributed by atoms with Crippen LogP contribution < -0.4 is 5.56 Å². The predicted octanol–water partition coefficient (Wildman–Crippen LogP) is 3.76. The fraction of sp³-hybridized carbons (Fsp3) is 0.200. The lowest BCUT2D eigenvalue weighted by atomic mass is 10.2. The molecule has 0 N–H and O–H groups in total. The van der Waals surface area contributed by atoms with Crippen LogP contribution >= 0.6 is 22.7 Å². The minimum absolute atomic E-state index is 0.144. The molecule has 0 bridgehead atoms. The number of carbonyl (C=O) groups excluding carboxylic acids is 1. The van der Waals surface area contributed by atoms with Crippen LogP contribution in [0.5, 0.6) is 0 Å². The third kappa shape index (κ3) is 4.02. The molecule has 0 fully saturated rings. The van der Waals surface area contributed by atoms with Crippen molar-refractivity contribution >= 4 is 38.9 Å². The highest BCUT2D eigenvalue weighted by Gasteiger charge is 2.15. The topological polar surface area (TPSA) is 74.1 Å². The van der Waals surface area contributed by atoms with Crippen LogP contribution in [0, 0.1) is 0 Å². The molecule has 4 heterocycles. The standard InChI is InChI=1S/C20H17N3O3S2/c24-17(26-8-2-5-14-4-1-7-21-10-14)11-23-13-22-19-18(20(23)25)15(12-28-19)16-6-3-9-27-16/h1,3-4,6-7,9-10,12-13H,2,5,8,11H2. The average molecular weight is 412 g/mol. The highest BCUT2D eigenvalue weighted by Crippen LogP contribution is 2.33. The molecule has 6 nitrogen and oxygen atoms in total. The maximum Gasteiger partial charge on any atom is 0.326 e. The minimum Gasteiger partial charge on any atom is -0.464 e. The van der Waals surface area contributed by atoms with E-state index in [1.807, 2.05) is 35.0 Å². The van der Waals surface area contributed by atoms with Crippen molar-refractivity contribution in [2.24, 2.45) is 0 Å². The van der Waals surface area contributed by atoms with Crippen molar-refractivity contribution in [3.63, 3.8) is 0 Å². The molecule has 0 aromatic carbocycles. The van der Waals surface area contributed by atoms with E-state index in [9.17, 15) is 9.59 Å². The summed E-state index contributed by atoms with van der Waals surface area (Å²) < 4.78 is 6.59. The summed E-state index contributed by atoms with van der Waals surface area (Å²) >= 11 is 3.00. The van der Waals surface area contributed by atoms with Gasteiger partial charge in [0.1, 0.15) is 11.4 Å². The number of hydrogen-bond donors (Lipinski definition) is 0. The highest BCUT2D eigenvalue weighted by atomic mass is 32.1. The Hall–Kier alpha value is -2.84. The van der Waals surface area contributed by atoms with Gasteiger partial charge in [0.25, 0.3) is 5.56 Å². The van der Waals surface area contributed by atoms with Gasteiger partial charge < -0.3 is 4.74 Å². The predicted molar refractivity (Wildman–Crippen MR) is 111 cm³/mol. The second kappa shape index (κ2) is 8.45. The van der Waals surface area contributed by atoms with Crippen molar-refractivity contribution in [1.82, 2.24) is 14.5 Å². The Morgan fingerprint density at radius 1 is 1.21 bits per heavy atom. The van der Waals surface area contributed by atoms with Crippen LogP contribution in [0.15, 0.2) is 58.5 Å². The zero-order valence-electron chi connectivity index (χ0n) is 14.9. The maximum absolute atomic E-state index is 12.9. The first kappa shape index (κ1) is 18.5. The second-order valence-corrected chi connectivity index (χ2v) is 7.98. The number of thiophene rings is 2. The summed E-state index contributed by atoms with van der Waals surface area (Å²) in [5.41, 5.74) is 1.75. The van der Waals surface area contributed by atoms with Crippen LogP contribution in [0.4, 0.5) is 0 Å². The van der Waals surface area contributed by atoms with Crippen LogP contribution in [-0.4, -0.2) is 27.1 Å². The van der Waals surface area contributed by atoms with Crippen LogP contribution in [-0.2, 0) is 22.5 Å². The molecule has 0 unspecified atom stereocenters. The lowest BCUT2D eigenvalue weighted by Crippen LogP contribution is -2.25. The van der Waals surface area contributed by atoms with Gasteiger partial charge in [0.2, 0.25) is 0 Å². The molecule has 0 amide bonds. The lowest BCUT2D eigenvalue weighted by Gasteiger charge is -2.07. The van der Waals surface area contributed by atoms with E-state index in [4.69, 9.17) is 4.74 Å². The van der Waals surface area contributed by atoms with Gasteiger partial charge in [0.05, 0.1) is 18.3 Å². The Balaban J connectivity index is 1.41. The molecule has 0 spiro atoms. The Kier molecular flexibility index (Phi) is 5.59. The van der Waals surface area contributed by atoms with Gasteiger partial charge in [-0.1, -0.05) is 12.1 Å². The molecule has 4 aromatic rings. The normalized spacial score (nSPS) is 11.0. The summed E-state index contributed by atoms with van der Waals surface area (Å²) in [6.45, 7) is 0.158. The Morgan fingerprint density at radius 3 is 2.93 bits per heavy atom. The molecular weight excluding hydrogens is 394 g/mol. The molecule has 0 saturated heterocycles. The number of ether oxygens (including phenoxy) is 1. The van der Waals surface area contributed by atoms with Crippen molar-refractivity contribution in [2.75, 3.05) is 6.61 Å². The molecule has 0 radical (unpaired) electrons. The van der Waals surface area contributed by atoms with Crippen molar-refractivity contribution in [3.8, 4) is 10.4 Å². The zero-order valence-corrected chi connectivity index (χ0v) is 16.5. The monoisotopic (exact) mass is 411 g/mol. The van der Waals surface area contributed by atoms with Crippen molar-refractivity contribution in [2.45, 2.75) is 19.4 Å². The molecule has 0 atom stereocenters. The minimum atomic E-state index is -0.442. The molecule has 0 saturated carbocycles. The van der Waals surface area contributed by atoms with E-state index in [-0.39, 0.29) is 12.1 Å². The van der Waals surface area contributed by atoms with E-state index < -0.39 is 5.97 Å². The van der Waals surface area contributed by atoms with Crippen molar-refractivity contribution in [1.29, 1.82) is 0 Å². The lowest BCUT2D eigenvalue weighted by molar-refractivity contribution is -0.144. The summed E-state index contributed by atoms with van der Waals surface area (Å²) in [4.78, 5) is 35.1. The average Bonchev–Trinajstić information content (AvgIpc) is 3.38. The third-order valence-electron chi connectivity index (χ3n) is 4.24. The van der Waals surface area contributed by atoms with Gasteiger partial charge in [-0.05, 0) is 35.9 Å². The van der Waals surface area contributed by atoms with E-state index in [1.165, 1.54) is 22.2 Å². The Labute approximate surface area is 169 Å². The fourth-order valence-electron chi connectivity index (χ4n) is 2.89. The molecule has 0 aliphatic rings. The largest absolute Gasteiger partial charge is 0.464 e. The van der Waals surface area contributed by atoms with Gasteiger partial charge in [-0.25, -0.2) is 4.98 Å². The number of pyridine rings is 1. The van der Waals surface area contributed by atoms with E-state index in [1.54, 1.807) is 23.7 Å². The zero-order chi connectivity index (χ0) is 19.3. The van der Waals surface area contributed by atoms with Gasteiger partial charge >= 0.3 is 5.97 Å². The first-order valence-corrected chi connectivity index (χ1v) is 10.5. The molecule has 0 aliphatic heterocycles. The smallest absolute Gasteiger partial charge is 0.326 e. The van der Waals surface area contributed by atoms with Crippen molar-refractivity contribution in [3.05, 3.63) is 69.7 Å². The quantitative estimate of drug-likeness (QED) is 0.342. The SMILES string of the molecule is O=C(Cn1cnc2scc(-c3cccs3)c2c1=O)OCCCc1cccnc1. The van der Waals surface area contributed by atoms with E-state index in [0.29, 0.717) is 23.2 Å². The third-order valence-corrected chi connectivity index (χ3v) is 6.03. The number of nitrogens with zero attached hydrogens (tertiary/aromatic N) is 3. The summed E-state index contributed by atoms with van der Waals surface area (Å²) in [6.07, 6.45) is 6.43. The number of aromatic nitrogens is 3. The van der Waals surface area contributed by atoms with Crippen LogP contribution in [0.3, 0.4) is 0 Å². The molecule has 28 heavy (non-hydrogen) atoms. The molecular formula is C20H17N3O3S2. The maximum atomic E-state index is 12.9. The van der Waals surface area contributed by atoms with Crippen LogP contribution in [0.2, 0.25) is 0 Å². The number of fused-ring (bicyclic) bond motifs is 1. The van der Waals surface area contributed by atoms with Crippen LogP contribution in [0.25, 0.3) is 20.7 Å². The molecule has 0 aliphatic carbocycles. The first-order chi connectivity index (χ1) is 13.7. The summed E-state index contributed by atoms with van der Waals surface area (Å²) in [6, 6.07) is 7.79. The molecule has 8 heteroatoms. The van der Waals surface area contributed by atoms with Gasteiger partial charge in [0.15, 0.2) is 0 Å². The molecule has 4 aromatic heterocycles. The number of aryl methyl sites for hydroxylation is 1. The van der Waals surface area contributed by atoms with Crippen molar-refractivity contribution < 1.29 is 9.53 Å². The fourth-order valence-corrected chi connectivity index (χ4v) is 4.61.